The maximum absolute atomic E-state index is 5.56. The summed E-state index contributed by atoms with van der Waals surface area (Å²) in [7, 11) is 3.90. The number of methoxy groups -OCH3 is 1. The van der Waals surface area contributed by atoms with Crippen molar-refractivity contribution in [1.82, 2.24) is 4.90 Å². The average Bonchev–Trinajstić information content (AvgIpc) is 2.17. The Balaban J connectivity index is 3.47. The zero-order valence-corrected chi connectivity index (χ0v) is 10.1. The van der Waals surface area contributed by atoms with Gasteiger partial charge in [-0.3, -0.25) is 0 Å². The topological polar surface area (TPSA) is 38.5 Å². The first-order valence-electron chi connectivity index (χ1n) is 5.51. The van der Waals surface area contributed by atoms with Crippen molar-refractivity contribution in [1.29, 1.82) is 0 Å². The van der Waals surface area contributed by atoms with Gasteiger partial charge in [-0.25, -0.2) is 0 Å². The lowest BCUT2D eigenvalue weighted by atomic mass is 10.1. The van der Waals surface area contributed by atoms with E-state index < -0.39 is 0 Å². The van der Waals surface area contributed by atoms with Gasteiger partial charge in [0.25, 0.3) is 0 Å². The molecule has 0 aliphatic rings. The van der Waals surface area contributed by atoms with Gasteiger partial charge < -0.3 is 15.4 Å². The lowest BCUT2D eigenvalue weighted by molar-refractivity contribution is 0.114. The summed E-state index contributed by atoms with van der Waals surface area (Å²) in [5.74, 6) is 0.654. The monoisotopic (exact) mass is 202 g/mol. The molecule has 3 heteroatoms. The summed E-state index contributed by atoms with van der Waals surface area (Å²) < 4.78 is 5.11. The predicted octanol–water partition coefficient (Wildman–Crippen LogP) is 1.33. The quantitative estimate of drug-likeness (QED) is 0.645. The minimum absolute atomic E-state index is 0.508. The molecule has 86 valence electrons. The summed E-state index contributed by atoms with van der Waals surface area (Å²) in [5.41, 5.74) is 5.56. The van der Waals surface area contributed by atoms with E-state index in [2.05, 4.69) is 25.8 Å². The van der Waals surface area contributed by atoms with Crippen molar-refractivity contribution in [3.8, 4) is 0 Å². The molecular weight excluding hydrogens is 176 g/mol. The van der Waals surface area contributed by atoms with Gasteiger partial charge in [-0.15, -0.1) is 0 Å². The number of nitrogens with zero attached hydrogens (tertiary/aromatic N) is 1. The molecular formula is C11H26N2O. The van der Waals surface area contributed by atoms with Gasteiger partial charge in [-0.05, 0) is 45.8 Å². The fourth-order valence-corrected chi connectivity index (χ4v) is 1.40. The Labute approximate surface area is 88.6 Å². The van der Waals surface area contributed by atoms with E-state index in [1.54, 1.807) is 7.11 Å². The highest BCUT2D eigenvalue weighted by atomic mass is 16.5. The number of ether oxygens (including phenoxy) is 1. The minimum Gasteiger partial charge on any atom is -0.383 e. The van der Waals surface area contributed by atoms with E-state index in [9.17, 15) is 0 Å². The van der Waals surface area contributed by atoms with Crippen molar-refractivity contribution < 1.29 is 4.74 Å². The van der Waals surface area contributed by atoms with Crippen molar-refractivity contribution in [2.24, 2.45) is 11.7 Å². The molecule has 0 heterocycles. The smallest absolute Gasteiger partial charge is 0.0615 e. The second kappa shape index (κ2) is 8.21. The second-order valence-corrected chi connectivity index (χ2v) is 4.27. The van der Waals surface area contributed by atoms with Gasteiger partial charge in [0.1, 0.15) is 0 Å². The van der Waals surface area contributed by atoms with Crippen LogP contribution in [-0.4, -0.2) is 44.8 Å². The number of hydrogen-bond acceptors (Lipinski definition) is 3. The van der Waals surface area contributed by atoms with Crippen LogP contribution in [-0.2, 0) is 4.74 Å². The van der Waals surface area contributed by atoms with Crippen molar-refractivity contribution in [3.05, 3.63) is 0 Å². The minimum atomic E-state index is 0.508. The van der Waals surface area contributed by atoms with Gasteiger partial charge in [-0.2, -0.15) is 0 Å². The van der Waals surface area contributed by atoms with Gasteiger partial charge in [0.15, 0.2) is 0 Å². The Hall–Kier alpha value is -0.120. The maximum Gasteiger partial charge on any atom is 0.0615 e. The zero-order chi connectivity index (χ0) is 11.0. The highest BCUT2D eigenvalue weighted by molar-refractivity contribution is 4.63. The van der Waals surface area contributed by atoms with Crippen LogP contribution < -0.4 is 5.73 Å². The average molecular weight is 202 g/mol. The van der Waals surface area contributed by atoms with Gasteiger partial charge in [0.2, 0.25) is 0 Å². The van der Waals surface area contributed by atoms with Crippen molar-refractivity contribution in [2.75, 3.05) is 33.9 Å². The molecule has 0 amide bonds. The van der Waals surface area contributed by atoms with E-state index in [-0.39, 0.29) is 0 Å². The Morgan fingerprint density at radius 2 is 2.00 bits per heavy atom. The van der Waals surface area contributed by atoms with Crippen LogP contribution in [0, 0.1) is 5.92 Å². The Morgan fingerprint density at radius 3 is 2.50 bits per heavy atom. The van der Waals surface area contributed by atoms with Gasteiger partial charge in [0.05, 0.1) is 6.61 Å². The summed E-state index contributed by atoms with van der Waals surface area (Å²) in [6.07, 6.45) is 2.45. The van der Waals surface area contributed by atoms with E-state index in [1.807, 2.05) is 0 Å². The molecule has 2 unspecified atom stereocenters. The van der Waals surface area contributed by atoms with Crippen LogP contribution in [0.25, 0.3) is 0 Å². The molecule has 14 heavy (non-hydrogen) atoms. The van der Waals surface area contributed by atoms with E-state index in [0.717, 1.165) is 19.7 Å². The lowest BCUT2D eigenvalue weighted by Gasteiger charge is -2.24. The summed E-state index contributed by atoms with van der Waals surface area (Å²) >= 11 is 0. The van der Waals surface area contributed by atoms with E-state index in [1.165, 1.54) is 12.8 Å². The van der Waals surface area contributed by atoms with Crippen LogP contribution >= 0.6 is 0 Å². The van der Waals surface area contributed by atoms with Crippen LogP contribution in [0.3, 0.4) is 0 Å². The van der Waals surface area contributed by atoms with Gasteiger partial charge >= 0.3 is 0 Å². The van der Waals surface area contributed by atoms with Crippen molar-refractivity contribution in [3.63, 3.8) is 0 Å². The first-order valence-corrected chi connectivity index (χ1v) is 5.51. The Morgan fingerprint density at radius 1 is 1.36 bits per heavy atom. The first-order chi connectivity index (χ1) is 6.61. The molecule has 0 saturated heterocycles. The summed E-state index contributed by atoms with van der Waals surface area (Å²) in [6, 6.07) is 0.508. The molecule has 0 spiro atoms. The number of hydrogen-bond donors (Lipinski definition) is 1. The molecule has 0 radical (unpaired) electrons. The molecule has 3 nitrogen and oxygen atoms in total. The fraction of sp³-hybridized carbons (Fsp3) is 1.00. The summed E-state index contributed by atoms with van der Waals surface area (Å²) in [4.78, 5) is 2.34. The van der Waals surface area contributed by atoms with E-state index in [4.69, 9.17) is 10.5 Å². The third-order valence-corrected chi connectivity index (χ3v) is 2.77. The number of rotatable bonds is 8. The molecule has 0 aliphatic carbocycles. The molecule has 2 atom stereocenters. The molecule has 0 saturated carbocycles. The molecule has 0 aliphatic heterocycles. The maximum atomic E-state index is 5.56. The summed E-state index contributed by atoms with van der Waals surface area (Å²) in [5, 5.41) is 0. The Bertz CT molecular complexity index is 130. The zero-order valence-electron chi connectivity index (χ0n) is 10.1. The van der Waals surface area contributed by atoms with Gasteiger partial charge in [0, 0.05) is 13.2 Å². The normalized spacial score (nSPS) is 15.9. The van der Waals surface area contributed by atoms with Gasteiger partial charge in [-0.1, -0.05) is 6.92 Å². The first kappa shape index (κ1) is 13.9. The third kappa shape index (κ3) is 6.35. The number of likely N-dealkylation sites (N-methyl/N-ethyl adjacent to an activating group) is 1. The second-order valence-electron chi connectivity index (χ2n) is 4.27. The molecule has 0 bridgehead atoms. The molecule has 0 fully saturated rings. The largest absolute Gasteiger partial charge is 0.383 e. The highest BCUT2D eigenvalue weighted by Crippen LogP contribution is 2.05. The molecule has 0 aromatic carbocycles. The lowest BCUT2D eigenvalue weighted by Crippen LogP contribution is -2.33. The predicted molar refractivity (Wildman–Crippen MR) is 61.4 cm³/mol. The molecule has 0 aromatic heterocycles. The summed E-state index contributed by atoms with van der Waals surface area (Å²) in [6.45, 7) is 7.14. The van der Waals surface area contributed by atoms with Crippen LogP contribution in [0.4, 0.5) is 0 Å². The van der Waals surface area contributed by atoms with Crippen LogP contribution in [0.1, 0.15) is 26.7 Å². The van der Waals surface area contributed by atoms with Crippen LogP contribution in [0.5, 0.6) is 0 Å². The molecule has 0 aromatic rings. The standard InChI is InChI=1S/C11H26N2O/c1-10(8-12)6-5-7-13(3)11(2)9-14-4/h10-11H,5-9,12H2,1-4H3. The highest BCUT2D eigenvalue weighted by Gasteiger charge is 2.08. The molecule has 0 rings (SSSR count). The molecule has 2 N–H and O–H groups in total. The van der Waals surface area contributed by atoms with Crippen molar-refractivity contribution in [2.45, 2.75) is 32.7 Å². The van der Waals surface area contributed by atoms with E-state index in [0.29, 0.717) is 12.0 Å². The van der Waals surface area contributed by atoms with Crippen LogP contribution in [0.2, 0.25) is 0 Å². The Kier molecular flexibility index (Phi) is 8.14. The fourth-order valence-electron chi connectivity index (χ4n) is 1.40. The number of nitrogens with two attached hydrogens (primary N) is 1. The van der Waals surface area contributed by atoms with Crippen molar-refractivity contribution >= 4 is 0 Å². The van der Waals surface area contributed by atoms with Crippen LogP contribution in [0.15, 0.2) is 0 Å². The SMILES string of the molecule is COCC(C)N(C)CCCC(C)CN. The third-order valence-electron chi connectivity index (χ3n) is 2.77. The van der Waals surface area contributed by atoms with E-state index >= 15 is 0 Å².